The van der Waals surface area contributed by atoms with E-state index in [4.69, 9.17) is 9.84 Å². The number of hydrogen-bond donors (Lipinski definition) is 1. The normalized spacial score (nSPS) is 9.55. The Morgan fingerprint density at radius 1 is 1.91 bits per heavy atom. The lowest BCUT2D eigenvalue weighted by Gasteiger charge is -1.94. The molecule has 0 saturated carbocycles. The molecular formula is C5H4BrNO3S. The minimum atomic E-state index is -1.00. The minimum absolute atomic E-state index is 0.347. The first-order valence-electron chi connectivity index (χ1n) is 2.64. The van der Waals surface area contributed by atoms with Crippen molar-refractivity contribution in [1.29, 1.82) is 0 Å². The maximum Gasteiger partial charge on any atom is 0.341 e. The van der Waals surface area contributed by atoms with E-state index in [9.17, 15) is 4.79 Å². The standard InChI is InChI=1S/C5H4BrNO3S/c6-3-2-11-5(7-3)10-1-4(8)9/h2H,1H2,(H,8,9). The van der Waals surface area contributed by atoms with Crippen LogP contribution in [0.2, 0.25) is 0 Å². The fourth-order valence-corrected chi connectivity index (χ4v) is 1.52. The lowest BCUT2D eigenvalue weighted by atomic mass is 10.7. The summed E-state index contributed by atoms with van der Waals surface area (Å²) in [5.41, 5.74) is 0. The molecule has 11 heavy (non-hydrogen) atoms. The zero-order chi connectivity index (χ0) is 8.27. The van der Waals surface area contributed by atoms with Gasteiger partial charge in [-0.1, -0.05) is 11.3 Å². The number of carboxylic acid groups (broad SMARTS) is 1. The molecule has 0 aliphatic carbocycles. The van der Waals surface area contributed by atoms with Crippen LogP contribution in [0.25, 0.3) is 0 Å². The van der Waals surface area contributed by atoms with Gasteiger partial charge < -0.3 is 9.84 Å². The van der Waals surface area contributed by atoms with Gasteiger partial charge in [0.05, 0.1) is 0 Å². The summed E-state index contributed by atoms with van der Waals surface area (Å²) in [6.45, 7) is -0.347. The second kappa shape index (κ2) is 3.68. The van der Waals surface area contributed by atoms with Crippen molar-refractivity contribution in [2.45, 2.75) is 0 Å². The van der Waals surface area contributed by atoms with Crippen molar-refractivity contribution >= 4 is 33.2 Å². The first-order chi connectivity index (χ1) is 5.18. The van der Waals surface area contributed by atoms with Gasteiger partial charge in [-0.25, -0.2) is 4.79 Å². The topological polar surface area (TPSA) is 59.4 Å². The van der Waals surface area contributed by atoms with Crippen molar-refractivity contribution in [3.63, 3.8) is 0 Å². The van der Waals surface area contributed by atoms with Crippen LogP contribution in [0.15, 0.2) is 9.98 Å². The van der Waals surface area contributed by atoms with Gasteiger partial charge in [0.1, 0.15) is 4.60 Å². The highest BCUT2D eigenvalue weighted by Crippen LogP contribution is 2.21. The smallest absolute Gasteiger partial charge is 0.341 e. The number of rotatable bonds is 3. The van der Waals surface area contributed by atoms with E-state index < -0.39 is 5.97 Å². The monoisotopic (exact) mass is 237 g/mol. The predicted octanol–water partition coefficient (Wildman–Crippen LogP) is 1.37. The Morgan fingerprint density at radius 2 is 2.64 bits per heavy atom. The van der Waals surface area contributed by atoms with Gasteiger partial charge in [-0.15, -0.1) is 0 Å². The van der Waals surface area contributed by atoms with Crippen molar-refractivity contribution in [3.05, 3.63) is 9.98 Å². The molecule has 0 spiro atoms. The second-order valence-corrected chi connectivity index (χ2v) is 3.25. The number of ether oxygens (including phenoxy) is 1. The third-order valence-corrected chi connectivity index (χ3v) is 2.24. The molecule has 0 aromatic carbocycles. The SMILES string of the molecule is O=C(O)COc1nc(Br)cs1. The molecule has 1 heterocycles. The van der Waals surface area contributed by atoms with Crippen molar-refractivity contribution < 1.29 is 14.6 Å². The Balaban J connectivity index is 2.45. The Kier molecular flexibility index (Phi) is 2.84. The van der Waals surface area contributed by atoms with Gasteiger partial charge in [-0.2, -0.15) is 4.98 Å². The van der Waals surface area contributed by atoms with E-state index in [2.05, 4.69) is 20.9 Å². The van der Waals surface area contributed by atoms with Crippen LogP contribution in [-0.2, 0) is 4.79 Å². The molecule has 0 saturated heterocycles. The molecule has 0 unspecified atom stereocenters. The van der Waals surface area contributed by atoms with Gasteiger partial charge in [-0.05, 0) is 15.9 Å². The number of nitrogens with zero attached hydrogens (tertiary/aromatic N) is 1. The molecule has 0 atom stereocenters. The fourth-order valence-electron chi connectivity index (χ4n) is 0.429. The van der Waals surface area contributed by atoms with Gasteiger partial charge in [-0.3, -0.25) is 0 Å². The number of carboxylic acids is 1. The van der Waals surface area contributed by atoms with Crippen molar-refractivity contribution in [2.24, 2.45) is 0 Å². The van der Waals surface area contributed by atoms with E-state index in [0.29, 0.717) is 9.80 Å². The third kappa shape index (κ3) is 2.85. The van der Waals surface area contributed by atoms with Gasteiger partial charge in [0.25, 0.3) is 5.19 Å². The van der Waals surface area contributed by atoms with Crippen LogP contribution in [0.5, 0.6) is 5.19 Å². The van der Waals surface area contributed by atoms with Crippen LogP contribution < -0.4 is 4.74 Å². The van der Waals surface area contributed by atoms with E-state index >= 15 is 0 Å². The first-order valence-corrected chi connectivity index (χ1v) is 4.31. The summed E-state index contributed by atoms with van der Waals surface area (Å²) < 4.78 is 5.42. The maximum atomic E-state index is 10.0. The molecule has 0 fully saturated rings. The number of hydrogen-bond acceptors (Lipinski definition) is 4. The molecule has 0 aliphatic rings. The molecule has 1 N–H and O–H groups in total. The molecular weight excluding hydrogens is 234 g/mol. The molecule has 0 aliphatic heterocycles. The average molecular weight is 238 g/mol. The van der Waals surface area contributed by atoms with Crippen LogP contribution in [0.4, 0.5) is 0 Å². The summed E-state index contributed by atoms with van der Waals surface area (Å²) in [5.74, 6) is -1.00. The minimum Gasteiger partial charge on any atom is -0.479 e. The molecule has 60 valence electrons. The lowest BCUT2D eigenvalue weighted by molar-refractivity contribution is -0.139. The molecule has 1 aromatic heterocycles. The van der Waals surface area contributed by atoms with E-state index in [0.717, 1.165) is 0 Å². The Bertz CT molecular complexity index is 262. The fraction of sp³-hybridized carbons (Fsp3) is 0.200. The molecule has 4 nitrogen and oxygen atoms in total. The molecule has 6 heteroatoms. The van der Waals surface area contributed by atoms with E-state index in [1.54, 1.807) is 5.38 Å². The first kappa shape index (κ1) is 8.48. The zero-order valence-corrected chi connectivity index (χ0v) is 7.68. The number of thiazole rings is 1. The third-order valence-electron chi connectivity index (χ3n) is 0.774. The van der Waals surface area contributed by atoms with E-state index in [1.165, 1.54) is 11.3 Å². The van der Waals surface area contributed by atoms with Crippen molar-refractivity contribution in [3.8, 4) is 5.19 Å². The zero-order valence-electron chi connectivity index (χ0n) is 5.28. The van der Waals surface area contributed by atoms with Crippen LogP contribution >= 0.6 is 27.3 Å². The van der Waals surface area contributed by atoms with Crippen molar-refractivity contribution in [2.75, 3.05) is 6.61 Å². The summed E-state index contributed by atoms with van der Waals surface area (Å²) in [6, 6.07) is 0. The summed E-state index contributed by atoms with van der Waals surface area (Å²) >= 11 is 4.36. The number of halogens is 1. The second-order valence-electron chi connectivity index (χ2n) is 1.62. The average Bonchev–Trinajstić information content (AvgIpc) is 2.31. The van der Waals surface area contributed by atoms with Crippen LogP contribution in [0.1, 0.15) is 0 Å². The summed E-state index contributed by atoms with van der Waals surface area (Å²) in [4.78, 5) is 13.9. The van der Waals surface area contributed by atoms with Gasteiger partial charge in [0.2, 0.25) is 0 Å². The summed E-state index contributed by atoms with van der Waals surface area (Å²) in [7, 11) is 0. The van der Waals surface area contributed by atoms with Crippen LogP contribution in [-0.4, -0.2) is 22.7 Å². The largest absolute Gasteiger partial charge is 0.479 e. The Morgan fingerprint density at radius 3 is 3.09 bits per heavy atom. The molecule has 0 radical (unpaired) electrons. The van der Waals surface area contributed by atoms with Gasteiger partial charge in [0, 0.05) is 5.38 Å². The van der Waals surface area contributed by atoms with Crippen LogP contribution in [0.3, 0.4) is 0 Å². The highest BCUT2D eigenvalue weighted by Gasteiger charge is 2.02. The van der Waals surface area contributed by atoms with Crippen LogP contribution in [0, 0.1) is 0 Å². The Hall–Kier alpha value is -0.620. The highest BCUT2D eigenvalue weighted by molar-refractivity contribution is 9.10. The Labute approximate surface area is 75.0 Å². The number of aromatic nitrogens is 1. The maximum absolute atomic E-state index is 10.0. The van der Waals surface area contributed by atoms with Crippen molar-refractivity contribution in [1.82, 2.24) is 4.98 Å². The van der Waals surface area contributed by atoms with E-state index in [1.807, 2.05) is 0 Å². The molecule has 0 amide bonds. The summed E-state index contributed by atoms with van der Waals surface area (Å²) in [6.07, 6.45) is 0. The summed E-state index contributed by atoms with van der Waals surface area (Å²) in [5, 5.41) is 10.3. The molecule has 0 bridgehead atoms. The quantitative estimate of drug-likeness (QED) is 0.863. The molecule has 1 aromatic rings. The van der Waals surface area contributed by atoms with E-state index in [-0.39, 0.29) is 6.61 Å². The lowest BCUT2D eigenvalue weighted by Crippen LogP contribution is -2.08. The van der Waals surface area contributed by atoms with Gasteiger partial charge >= 0.3 is 5.97 Å². The number of carbonyl (C=O) groups is 1. The number of aliphatic carboxylic acids is 1. The molecule has 1 rings (SSSR count). The van der Waals surface area contributed by atoms with Gasteiger partial charge in [0.15, 0.2) is 6.61 Å². The predicted molar refractivity (Wildman–Crippen MR) is 42.9 cm³/mol. The highest BCUT2D eigenvalue weighted by atomic mass is 79.9.